The smallest absolute Gasteiger partial charge is 0.0624 e. The van der Waals surface area contributed by atoms with Crippen molar-refractivity contribution in [3.05, 3.63) is 200 Å². The van der Waals surface area contributed by atoms with Crippen LogP contribution in [0.3, 0.4) is 0 Å². The fourth-order valence-corrected chi connectivity index (χ4v) is 9.13. The van der Waals surface area contributed by atoms with Crippen LogP contribution < -0.4 is 4.90 Å². The number of anilines is 3. The lowest BCUT2D eigenvalue weighted by Gasteiger charge is -2.32. The van der Waals surface area contributed by atoms with Gasteiger partial charge in [-0.2, -0.15) is 0 Å². The summed E-state index contributed by atoms with van der Waals surface area (Å²) in [7, 11) is 0. The molecule has 0 atom stereocenters. The van der Waals surface area contributed by atoms with Crippen LogP contribution in [0.1, 0.15) is 26.3 Å². The SMILES string of the molecule is CC(C)(C)c1ccc(N(c2ccc3cc4c(cc3c2)-c2cc3cc(-c5ccccc5)ccc3cc2-4)c2c(-c3ccccc3)c3ccccc3c3ccccc23)cc1. The molecule has 0 saturated carbocycles. The molecule has 1 heteroatoms. The van der Waals surface area contributed by atoms with Crippen LogP contribution in [0.15, 0.2) is 194 Å². The summed E-state index contributed by atoms with van der Waals surface area (Å²) in [6.07, 6.45) is 0. The monoisotopic (exact) mass is 727 g/mol. The Bertz CT molecular complexity index is 3190. The Labute approximate surface area is 334 Å². The van der Waals surface area contributed by atoms with Crippen molar-refractivity contribution in [2.24, 2.45) is 0 Å². The normalized spacial score (nSPS) is 12.1. The summed E-state index contributed by atoms with van der Waals surface area (Å²) in [6.45, 7) is 6.85. The van der Waals surface area contributed by atoms with Gasteiger partial charge in [0.15, 0.2) is 0 Å². The summed E-state index contributed by atoms with van der Waals surface area (Å²) in [4.78, 5) is 2.51. The second-order valence-electron chi connectivity index (χ2n) is 16.6. The molecule has 11 rings (SSSR count). The van der Waals surface area contributed by atoms with Crippen LogP contribution in [-0.4, -0.2) is 0 Å². The molecule has 10 aromatic rings. The van der Waals surface area contributed by atoms with Crippen molar-refractivity contribution < 1.29 is 0 Å². The van der Waals surface area contributed by atoms with E-state index in [0.29, 0.717) is 0 Å². The molecule has 0 radical (unpaired) electrons. The predicted octanol–water partition coefficient (Wildman–Crippen LogP) is 16.0. The molecular formula is C56H41N. The van der Waals surface area contributed by atoms with Crippen LogP contribution in [0.2, 0.25) is 0 Å². The highest BCUT2D eigenvalue weighted by atomic mass is 15.1. The Morgan fingerprint density at radius 1 is 0.333 bits per heavy atom. The molecular weight excluding hydrogens is 687 g/mol. The molecule has 0 heterocycles. The van der Waals surface area contributed by atoms with Crippen molar-refractivity contribution in [2.45, 2.75) is 26.2 Å². The number of hydrogen-bond acceptors (Lipinski definition) is 1. The number of nitrogens with zero attached hydrogens (tertiary/aromatic N) is 1. The van der Waals surface area contributed by atoms with Crippen molar-refractivity contribution in [2.75, 3.05) is 4.90 Å². The minimum atomic E-state index is 0.0454. The van der Waals surface area contributed by atoms with Crippen molar-refractivity contribution in [1.29, 1.82) is 0 Å². The van der Waals surface area contributed by atoms with Crippen molar-refractivity contribution in [3.63, 3.8) is 0 Å². The summed E-state index contributed by atoms with van der Waals surface area (Å²) in [5.74, 6) is 0. The van der Waals surface area contributed by atoms with Gasteiger partial charge < -0.3 is 4.90 Å². The molecule has 0 spiro atoms. The molecule has 10 aromatic carbocycles. The van der Waals surface area contributed by atoms with Gasteiger partial charge >= 0.3 is 0 Å². The van der Waals surface area contributed by atoms with Gasteiger partial charge in [-0.15, -0.1) is 0 Å². The van der Waals surface area contributed by atoms with Crippen LogP contribution in [0, 0.1) is 0 Å². The second-order valence-corrected chi connectivity index (χ2v) is 16.6. The van der Waals surface area contributed by atoms with Gasteiger partial charge in [0, 0.05) is 22.3 Å². The van der Waals surface area contributed by atoms with E-state index in [2.05, 4.69) is 220 Å². The number of rotatable bonds is 5. The zero-order valence-corrected chi connectivity index (χ0v) is 32.4. The zero-order valence-electron chi connectivity index (χ0n) is 32.4. The van der Waals surface area contributed by atoms with E-state index in [1.807, 2.05) is 0 Å². The van der Waals surface area contributed by atoms with Crippen molar-refractivity contribution >= 4 is 60.2 Å². The molecule has 0 saturated heterocycles. The molecule has 0 amide bonds. The molecule has 0 N–H and O–H groups in total. The van der Waals surface area contributed by atoms with Crippen LogP contribution in [0.4, 0.5) is 17.1 Å². The lowest BCUT2D eigenvalue weighted by Crippen LogP contribution is -2.14. The maximum absolute atomic E-state index is 2.51. The van der Waals surface area contributed by atoms with Gasteiger partial charge in [-0.1, -0.05) is 160 Å². The predicted molar refractivity (Wildman–Crippen MR) is 245 cm³/mol. The van der Waals surface area contributed by atoms with Gasteiger partial charge in [0.05, 0.1) is 5.69 Å². The summed E-state index contributed by atoms with van der Waals surface area (Å²) in [5.41, 5.74) is 15.1. The van der Waals surface area contributed by atoms with E-state index in [4.69, 9.17) is 0 Å². The van der Waals surface area contributed by atoms with E-state index in [9.17, 15) is 0 Å². The zero-order chi connectivity index (χ0) is 38.3. The van der Waals surface area contributed by atoms with Crippen LogP contribution in [-0.2, 0) is 5.41 Å². The summed E-state index contributed by atoms with van der Waals surface area (Å²) in [5, 5.41) is 10.0. The van der Waals surface area contributed by atoms with Crippen molar-refractivity contribution in [3.8, 4) is 44.5 Å². The van der Waals surface area contributed by atoms with Crippen molar-refractivity contribution in [1.82, 2.24) is 0 Å². The molecule has 0 unspecified atom stereocenters. The summed E-state index contributed by atoms with van der Waals surface area (Å²) >= 11 is 0. The van der Waals surface area contributed by atoms with Gasteiger partial charge in [0.25, 0.3) is 0 Å². The van der Waals surface area contributed by atoms with Gasteiger partial charge in [-0.3, -0.25) is 0 Å². The average molecular weight is 728 g/mol. The Hall–Kier alpha value is -6.96. The standard InChI is InChI=1S/C56H41N/c1-56(2,3)43-25-28-44(29-26-43)57(55-49-21-13-11-19-47(49)46-18-10-12-20-48(46)54(55)37-16-8-5-9-17-37)45-27-24-40-33-51-50-32-39-23-22-38(36-14-6-4-7-15-36)30-41(39)34-52(50)53(51)35-42(40)31-45/h4-35H,1-3H3. The van der Waals surface area contributed by atoms with Crippen LogP contribution in [0.25, 0.3) is 87.6 Å². The van der Waals surface area contributed by atoms with Crippen LogP contribution in [0.5, 0.6) is 0 Å². The molecule has 0 aromatic heterocycles. The highest BCUT2D eigenvalue weighted by Crippen LogP contribution is 2.53. The maximum atomic E-state index is 2.51. The molecule has 0 bridgehead atoms. The van der Waals surface area contributed by atoms with E-state index >= 15 is 0 Å². The van der Waals surface area contributed by atoms with Gasteiger partial charge in [0.2, 0.25) is 0 Å². The summed E-state index contributed by atoms with van der Waals surface area (Å²) in [6, 6.07) is 72.1. The first-order valence-electron chi connectivity index (χ1n) is 20.0. The van der Waals surface area contributed by atoms with E-state index in [0.717, 1.165) is 11.4 Å². The topological polar surface area (TPSA) is 3.24 Å². The molecule has 1 nitrogen and oxygen atoms in total. The Morgan fingerprint density at radius 2 is 0.807 bits per heavy atom. The fraction of sp³-hybridized carbons (Fsp3) is 0.0714. The number of hydrogen-bond donors (Lipinski definition) is 0. The van der Waals surface area contributed by atoms with Gasteiger partial charge in [-0.05, 0) is 142 Å². The molecule has 1 aliphatic carbocycles. The highest BCUT2D eigenvalue weighted by Gasteiger charge is 2.27. The maximum Gasteiger partial charge on any atom is 0.0624 e. The minimum Gasteiger partial charge on any atom is -0.309 e. The third-order valence-corrected chi connectivity index (χ3v) is 12.1. The molecule has 270 valence electrons. The largest absolute Gasteiger partial charge is 0.309 e. The molecule has 1 aliphatic rings. The van der Waals surface area contributed by atoms with E-state index in [-0.39, 0.29) is 5.41 Å². The van der Waals surface area contributed by atoms with E-state index < -0.39 is 0 Å². The Kier molecular flexibility index (Phi) is 7.50. The van der Waals surface area contributed by atoms with Gasteiger partial charge in [-0.25, -0.2) is 0 Å². The van der Waals surface area contributed by atoms with E-state index in [1.165, 1.54) is 98.8 Å². The molecule has 57 heavy (non-hydrogen) atoms. The first-order valence-corrected chi connectivity index (χ1v) is 20.0. The molecule has 0 aliphatic heterocycles. The fourth-order valence-electron chi connectivity index (χ4n) is 9.13. The highest BCUT2D eigenvalue weighted by molar-refractivity contribution is 6.22. The lowest BCUT2D eigenvalue weighted by molar-refractivity contribution is 0.590. The summed E-state index contributed by atoms with van der Waals surface area (Å²) < 4.78 is 0. The first-order chi connectivity index (χ1) is 27.9. The second kappa shape index (κ2) is 12.8. The van der Waals surface area contributed by atoms with E-state index in [1.54, 1.807) is 0 Å². The number of benzene rings is 10. The van der Waals surface area contributed by atoms with Crippen LogP contribution >= 0.6 is 0 Å². The Morgan fingerprint density at radius 3 is 1.42 bits per heavy atom. The third-order valence-electron chi connectivity index (χ3n) is 12.1. The number of fused-ring (bicyclic) bond motifs is 9. The Balaban J connectivity index is 1.13. The lowest BCUT2D eigenvalue weighted by atomic mass is 9.77. The molecule has 0 fully saturated rings. The average Bonchev–Trinajstić information content (AvgIpc) is 3.25. The van der Waals surface area contributed by atoms with Gasteiger partial charge in [0.1, 0.15) is 0 Å². The first kappa shape index (κ1) is 33.4. The minimum absolute atomic E-state index is 0.0454. The quantitative estimate of drug-likeness (QED) is 0.160. The third kappa shape index (κ3) is 5.46.